The van der Waals surface area contributed by atoms with Crippen LogP contribution in [-0.4, -0.2) is 39.5 Å². The van der Waals surface area contributed by atoms with Gasteiger partial charge in [0.05, 0.1) is 25.4 Å². The lowest BCUT2D eigenvalue weighted by Crippen LogP contribution is -2.27. The summed E-state index contributed by atoms with van der Waals surface area (Å²) in [6, 6.07) is 2.56. The number of terminal acetylenes is 1. The number of halogens is 3. The van der Waals surface area contributed by atoms with Gasteiger partial charge in [-0.25, -0.2) is 4.68 Å². The number of rotatable bonds is 4. The van der Waals surface area contributed by atoms with Crippen LogP contribution >= 0.6 is 0 Å². The largest absolute Gasteiger partial charge is 0.480 e. The zero-order valence-electron chi connectivity index (χ0n) is 11.8. The molecular formula is C13H10F3N5O2. The van der Waals surface area contributed by atoms with E-state index in [9.17, 15) is 18.0 Å². The standard InChI is InChI=1S/C13H10F3N5O2/c1-3-6-17-12(22)8-7-18-21(11(8)13(14,15)16)9-4-5-10(23-2)20-19-9/h1,4-5,7H,6H2,2H3,(H,17,22). The molecule has 0 aliphatic heterocycles. The molecule has 2 heterocycles. The first-order chi connectivity index (χ1) is 10.9. The highest BCUT2D eigenvalue weighted by atomic mass is 19.4. The highest BCUT2D eigenvalue weighted by Gasteiger charge is 2.40. The van der Waals surface area contributed by atoms with Gasteiger partial charge in [-0.2, -0.15) is 18.3 Å². The Kier molecular flexibility index (Phi) is 4.49. The molecular weight excluding hydrogens is 315 g/mol. The van der Waals surface area contributed by atoms with Crippen LogP contribution in [0.3, 0.4) is 0 Å². The number of carbonyl (C=O) groups is 1. The van der Waals surface area contributed by atoms with Crippen molar-refractivity contribution in [2.24, 2.45) is 0 Å². The summed E-state index contributed by atoms with van der Waals surface area (Å²) < 4.78 is 45.2. The monoisotopic (exact) mass is 325 g/mol. The molecule has 0 saturated carbocycles. The third-order valence-corrected chi connectivity index (χ3v) is 2.69. The Labute approximate surface area is 128 Å². The molecule has 0 aliphatic carbocycles. The SMILES string of the molecule is C#CCNC(=O)c1cnn(-c2ccc(OC)nn2)c1C(F)(F)F. The first kappa shape index (κ1) is 16.3. The maximum Gasteiger partial charge on any atom is 0.434 e. The summed E-state index contributed by atoms with van der Waals surface area (Å²) in [7, 11) is 1.34. The number of hydrogen-bond donors (Lipinski definition) is 1. The predicted octanol–water partition coefficient (Wildman–Crippen LogP) is 1.05. The zero-order chi connectivity index (χ0) is 17.0. The number of hydrogen-bond acceptors (Lipinski definition) is 5. The van der Waals surface area contributed by atoms with Gasteiger partial charge >= 0.3 is 6.18 Å². The van der Waals surface area contributed by atoms with Crippen LogP contribution in [0, 0.1) is 12.3 Å². The molecule has 2 aromatic heterocycles. The number of methoxy groups -OCH3 is 1. The molecule has 2 aromatic rings. The van der Waals surface area contributed by atoms with E-state index in [1.165, 1.54) is 19.2 Å². The van der Waals surface area contributed by atoms with E-state index >= 15 is 0 Å². The van der Waals surface area contributed by atoms with Gasteiger partial charge in [0, 0.05) is 6.07 Å². The number of alkyl halides is 3. The maximum absolute atomic E-state index is 13.3. The molecule has 0 aromatic carbocycles. The Balaban J connectivity index is 2.50. The number of nitrogens with zero attached hydrogens (tertiary/aromatic N) is 4. The van der Waals surface area contributed by atoms with Gasteiger partial charge in [-0.15, -0.1) is 16.6 Å². The first-order valence-corrected chi connectivity index (χ1v) is 6.13. The molecule has 0 unspecified atom stereocenters. The predicted molar refractivity (Wildman–Crippen MR) is 71.9 cm³/mol. The average Bonchev–Trinajstić information content (AvgIpc) is 2.98. The van der Waals surface area contributed by atoms with Crippen molar-refractivity contribution in [3.05, 3.63) is 29.6 Å². The van der Waals surface area contributed by atoms with Gasteiger partial charge in [0.1, 0.15) is 0 Å². The molecule has 0 fully saturated rings. The van der Waals surface area contributed by atoms with Crippen LogP contribution in [0.4, 0.5) is 13.2 Å². The third-order valence-electron chi connectivity index (χ3n) is 2.69. The van der Waals surface area contributed by atoms with Crippen molar-refractivity contribution >= 4 is 5.91 Å². The van der Waals surface area contributed by atoms with Crippen LogP contribution in [0.1, 0.15) is 16.1 Å². The van der Waals surface area contributed by atoms with Crippen LogP contribution < -0.4 is 10.1 Å². The van der Waals surface area contributed by atoms with Crippen molar-refractivity contribution in [3.63, 3.8) is 0 Å². The van der Waals surface area contributed by atoms with E-state index in [4.69, 9.17) is 11.2 Å². The molecule has 120 valence electrons. The molecule has 0 radical (unpaired) electrons. The highest BCUT2D eigenvalue weighted by Crippen LogP contribution is 2.33. The molecule has 2 rings (SSSR count). The van der Waals surface area contributed by atoms with Crippen LogP contribution in [0.15, 0.2) is 18.3 Å². The molecule has 23 heavy (non-hydrogen) atoms. The Morgan fingerprint density at radius 1 is 1.43 bits per heavy atom. The van der Waals surface area contributed by atoms with Crippen molar-refractivity contribution < 1.29 is 22.7 Å². The molecule has 1 amide bonds. The molecule has 0 bridgehead atoms. The van der Waals surface area contributed by atoms with Crippen LogP contribution in [-0.2, 0) is 6.18 Å². The fourth-order valence-corrected chi connectivity index (χ4v) is 1.72. The van der Waals surface area contributed by atoms with Gasteiger partial charge in [-0.05, 0) is 6.07 Å². The number of nitrogens with one attached hydrogen (secondary N) is 1. The summed E-state index contributed by atoms with van der Waals surface area (Å²) in [5.41, 5.74) is -1.93. The summed E-state index contributed by atoms with van der Waals surface area (Å²) in [5, 5.41) is 12.9. The van der Waals surface area contributed by atoms with Crippen molar-refractivity contribution in [1.29, 1.82) is 0 Å². The fraction of sp³-hybridized carbons (Fsp3) is 0.231. The molecule has 0 atom stereocenters. The summed E-state index contributed by atoms with van der Waals surface area (Å²) in [4.78, 5) is 11.8. The summed E-state index contributed by atoms with van der Waals surface area (Å²) in [6.07, 6.45) is 0.924. The summed E-state index contributed by atoms with van der Waals surface area (Å²) in [5.74, 6) is 1.03. The fourth-order valence-electron chi connectivity index (χ4n) is 1.72. The minimum atomic E-state index is -4.83. The van der Waals surface area contributed by atoms with Gasteiger partial charge in [0.15, 0.2) is 11.5 Å². The lowest BCUT2D eigenvalue weighted by atomic mass is 10.2. The smallest absolute Gasteiger partial charge is 0.434 e. The number of amides is 1. The van der Waals surface area contributed by atoms with Gasteiger partial charge in [-0.3, -0.25) is 4.79 Å². The van der Waals surface area contributed by atoms with Crippen molar-refractivity contribution in [2.75, 3.05) is 13.7 Å². The highest BCUT2D eigenvalue weighted by molar-refractivity contribution is 5.95. The second-order valence-corrected chi connectivity index (χ2v) is 4.14. The first-order valence-electron chi connectivity index (χ1n) is 6.13. The Morgan fingerprint density at radius 2 is 2.17 bits per heavy atom. The van der Waals surface area contributed by atoms with E-state index in [0.717, 1.165) is 6.20 Å². The lowest BCUT2D eigenvalue weighted by molar-refractivity contribution is -0.143. The van der Waals surface area contributed by atoms with Gasteiger partial charge < -0.3 is 10.1 Å². The van der Waals surface area contributed by atoms with Gasteiger partial charge in [0.2, 0.25) is 5.88 Å². The van der Waals surface area contributed by atoms with E-state index < -0.39 is 23.3 Å². The number of carbonyl (C=O) groups excluding carboxylic acids is 1. The van der Waals surface area contributed by atoms with Gasteiger partial charge in [0.25, 0.3) is 5.91 Å². The normalized spacial score (nSPS) is 10.9. The molecule has 7 nitrogen and oxygen atoms in total. The minimum Gasteiger partial charge on any atom is -0.480 e. The Hall–Kier alpha value is -3.09. The van der Waals surface area contributed by atoms with E-state index in [1.807, 2.05) is 0 Å². The Morgan fingerprint density at radius 3 is 2.70 bits per heavy atom. The number of ether oxygens (including phenoxy) is 1. The third kappa shape index (κ3) is 3.39. The van der Waals surface area contributed by atoms with Gasteiger partial charge in [-0.1, -0.05) is 5.92 Å². The van der Waals surface area contributed by atoms with Crippen LogP contribution in [0.2, 0.25) is 0 Å². The quantitative estimate of drug-likeness (QED) is 0.850. The topological polar surface area (TPSA) is 81.9 Å². The van der Waals surface area contributed by atoms with Crippen molar-refractivity contribution in [1.82, 2.24) is 25.3 Å². The maximum atomic E-state index is 13.3. The summed E-state index contributed by atoms with van der Waals surface area (Å²) >= 11 is 0. The second kappa shape index (κ2) is 6.35. The molecule has 10 heteroatoms. The molecule has 0 saturated heterocycles. The number of aromatic nitrogens is 4. The second-order valence-electron chi connectivity index (χ2n) is 4.14. The summed E-state index contributed by atoms with van der Waals surface area (Å²) in [6.45, 7) is -0.205. The van der Waals surface area contributed by atoms with E-state index in [-0.39, 0.29) is 18.2 Å². The van der Waals surface area contributed by atoms with Crippen LogP contribution in [0.5, 0.6) is 5.88 Å². The average molecular weight is 325 g/mol. The van der Waals surface area contributed by atoms with E-state index in [2.05, 4.69) is 26.5 Å². The van der Waals surface area contributed by atoms with E-state index in [0.29, 0.717) is 4.68 Å². The molecule has 0 aliphatic rings. The lowest BCUT2D eigenvalue weighted by Gasteiger charge is -2.11. The van der Waals surface area contributed by atoms with Crippen molar-refractivity contribution in [2.45, 2.75) is 6.18 Å². The Bertz CT molecular complexity index is 746. The van der Waals surface area contributed by atoms with E-state index in [1.54, 1.807) is 0 Å². The molecule has 0 spiro atoms. The van der Waals surface area contributed by atoms with Crippen molar-refractivity contribution in [3.8, 4) is 24.0 Å². The van der Waals surface area contributed by atoms with Crippen LogP contribution in [0.25, 0.3) is 5.82 Å². The minimum absolute atomic E-state index is 0.126. The zero-order valence-corrected chi connectivity index (χ0v) is 11.8. The molecule has 1 N–H and O–H groups in total.